The van der Waals surface area contributed by atoms with E-state index in [0.29, 0.717) is 18.6 Å². The van der Waals surface area contributed by atoms with Crippen LogP contribution in [-0.2, 0) is 10.3 Å². The fraction of sp³-hybridized carbons (Fsp3) is 0.556. The van der Waals surface area contributed by atoms with Gasteiger partial charge in [-0.15, -0.1) is 0 Å². The van der Waals surface area contributed by atoms with Crippen molar-refractivity contribution in [2.24, 2.45) is 0 Å². The van der Waals surface area contributed by atoms with Crippen LogP contribution in [0.2, 0.25) is 0 Å². The molecule has 0 aliphatic rings. The lowest BCUT2D eigenvalue weighted by molar-refractivity contribution is -0.109. The largest absolute Gasteiger partial charge is 0.396 e. The molecule has 3 N–H and O–H groups in total. The number of carbonyl (C=O) groups is 1. The molecule has 0 aromatic carbocycles. The summed E-state index contributed by atoms with van der Waals surface area (Å²) in [5.74, 6) is 0. The zero-order valence-corrected chi connectivity index (χ0v) is 8.74. The first-order valence-electron chi connectivity index (χ1n) is 4.46. The summed E-state index contributed by atoms with van der Waals surface area (Å²) in [6, 6.07) is 0. The average Bonchev–Trinajstić information content (AvgIpc) is 2.45. The van der Waals surface area contributed by atoms with Crippen LogP contribution in [0.1, 0.15) is 19.5 Å². The number of nitrogens with one attached hydrogen (secondary N) is 1. The Labute approximate surface area is 83.3 Å². The summed E-state index contributed by atoms with van der Waals surface area (Å²) in [4.78, 5) is 10.2. The van der Waals surface area contributed by atoms with Crippen molar-refractivity contribution in [2.75, 3.05) is 12.3 Å². The first-order chi connectivity index (χ1) is 6.47. The minimum atomic E-state index is -0.261. The van der Waals surface area contributed by atoms with E-state index in [1.54, 1.807) is 10.9 Å². The number of aryl methyl sites for hydroxylation is 1. The normalized spacial score (nSPS) is 11.4. The second-order valence-corrected chi connectivity index (χ2v) is 3.93. The molecule has 0 unspecified atom stereocenters. The average molecular weight is 196 g/mol. The molecule has 0 spiro atoms. The SMILES string of the molecule is Cc1nn(C(C)(C)CNC=O)cc1N. The van der Waals surface area contributed by atoms with Gasteiger partial charge in [0, 0.05) is 12.7 Å². The Morgan fingerprint density at radius 3 is 2.79 bits per heavy atom. The third kappa shape index (κ3) is 2.04. The Kier molecular flexibility index (Phi) is 2.78. The van der Waals surface area contributed by atoms with Gasteiger partial charge in [0.1, 0.15) is 0 Å². The first kappa shape index (κ1) is 10.6. The molecule has 1 aromatic heterocycles. The first-order valence-corrected chi connectivity index (χ1v) is 4.46. The van der Waals surface area contributed by atoms with Crippen molar-refractivity contribution in [2.45, 2.75) is 26.3 Å². The van der Waals surface area contributed by atoms with Gasteiger partial charge in [0.25, 0.3) is 0 Å². The molecule has 14 heavy (non-hydrogen) atoms. The number of nitrogen functional groups attached to an aromatic ring is 1. The molecule has 5 nitrogen and oxygen atoms in total. The molecular formula is C9H16N4O. The molecule has 1 amide bonds. The van der Waals surface area contributed by atoms with Crippen LogP contribution in [0.5, 0.6) is 0 Å². The van der Waals surface area contributed by atoms with Crippen molar-refractivity contribution in [3.05, 3.63) is 11.9 Å². The monoisotopic (exact) mass is 196 g/mol. The van der Waals surface area contributed by atoms with Gasteiger partial charge in [-0.1, -0.05) is 0 Å². The fourth-order valence-corrected chi connectivity index (χ4v) is 1.16. The highest BCUT2D eigenvalue weighted by molar-refractivity contribution is 5.46. The highest BCUT2D eigenvalue weighted by Gasteiger charge is 2.21. The quantitative estimate of drug-likeness (QED) is 0.678. The second kappa shape index (κ2) is 3.69. The van der Waals surface area contributed by atoms with Gasteiger partial charge in [-0.25, -0.2) is 0 Å². The van der Waals surface area contributed by atoms with Crippen LogP contribution in [-0.4, -0.2) is 22.7 Å². The van der Waals surface area contributed by atoms with E-state index in [2.05, 4.69) is 10.4 Å². The maximum Gasteiger partial charge on any atom is 0.207 e. The number of hydrogen-bond donors (Lipinski definition) is 2. The third-order valence-corrected chi connectivity index (χ3v) is 2.18. The number of nitrogens with zero attached hydrogens (tertiary/aromatic N) is 2. The standard InChI is InChI=1S/C9H16N4O/c1-7-8(10)4-13(12-7)9(2,3)5-11-6-14/h4,6H,5,10H2,1-3H3,(H,11,14). The van der Waals surface area contributed by atoms with Crippen LogP contribution < -0.4 is 11.1 Å². The second-order valence-electron chi connectivity index (χ2n) is 3.93. The van der Waals surface area contributed by atoms with E-state index in [-0.39, 0.29) is 5.54 Å². The Bertz CT molecular complexity index is 310. The summed E-state index contributed by atoms with van der Waals surface area (Å²) < 4.78 is 1.77. The van der Waals surface area contributed by atoms with E-state index in [4.69, 9.17) is 5.73 Å². The van der Waals surface area contributed by atoms with Crippen LogP contribution in [0, 0.1) is 6.92 Å². The number of hydrogen-bond acceptors (Lipinski definition) is 3. The van der Waals surface area contributed by atoms with Crippen molar-refractivity contribution < 1.29 is 4.79 Å². The zero-order chi connectivity index (χ0) is 10.8. The maximum atomic E-state index is 10.2. The highest BCUT2D eigenvalue weighted by Crippen LogP contribution is 2.17. The fourth-order valence-electron chi connectivity index (χ4n) is 1.16. The Balaban J connectivity index is 2.85. The van der Waals surface area contributed by atoms with Crippen LogP contribution in [0.15, 0.2) is 6.20 Å². The van der Waals surface area contributed by atoms with Crippen LogP contribution in [0.3, 0.4) is 0 Å². The molecule has 0 radical (unpaired) electrons. The summed E-state index contributed by atoms with van der Waals surface area (Å²) in [5, 5.41) is 6.90. The maximum absolute atomic E-state index is 10.2. The van der Waals surface area contributed by atoms with Crippen LogP contribution in [0.4, 0.5) is 5.69 Å². The lowest BCUT2D eigenvalue weighted by Crippen LogP contribution is -2.38. The van der Waals surface area contributed by atoms with E-state index in [0.717, 1.165) is 5.69 Å². The Hall–Kier alpha value is -1.52. The lowest BCUT2D eigenvalue weighted by atomic mass is 10.1. The number of aromatic nitrogens is 2. The molecule has 0 aliphatic heterocycles. The number of anilines is 1. The van der Waals surface area contributed by atoms with Crippen molar-refractivity contribution in [3.63, 3.8) is 0 Å². The molecule has 1 aromatic rings. The summed E-state index contributed by atoms with van der Waals surface area (Å²) in [6.07, 6.45) is 2.46. The Morgan fingerprint density at radius 2 is 2.36 bits per heavy atom. The molecule has 1 heterocycles. The zero-order valence-electron chi connectivity index (χ0n) is 8.74. The number of rotatable bonds is 4. The number of nitrogens with two attached hydrogens (primary N) is 1. The van der Waals surface area contributed by atoms with Crippen molar-refractivity contribution in [1.29, 1.82) is 0 Å². The highest BCUT2D eigenvalue weighted by atomic mass is 16.1. The minimum Gasteiger partial charge on any atom is -0.396 e. The smallest absolute Gasteiger partial charge is 0.207 e. The predicted octanol–water partition coefficient (Wildman–Crippen LogP) is 0.255. The summed E-state index contributed by atoms with van der Waals surface area (Å²) >= 11 is 0. The predicted molar refractivity (Wildman–Crippen MR) is 54.8 cm³/mol. The van der Waals surface area contributed by atoms with Crippen molar-refractivity contribution in [3.8, 4) is 0 Å². The van der Waals surface area contributed by atoms with Crippen molar-refractivity contribution in [1.82, 2.24) is 15.1 Å². The molecule has 0 saturated carbocycles. The van der Waals surface area contributed by atoms with Crippen LogP contribution >= 0.6 is 0 Å². The lowest BCUT2D eigenvalue weighted by Gasteiger charge is -2.24. The summed E-state index contributed by atoms with van der Waals surface area (Å²) in [5.41, 5.74) is 6.91. The number of carbonyl (C=O) groups excluding carboxylic acids is 1. The van der Waals surface area contributed by atoms with E-state index < -0.39 is 0 Å². The molecule has 5 heteroatoms. The van der Waals surface area contributed by atoms with Gasteiger partial charge >= 0.3 is 0 Å². The van der Waals surface area contributed by atoms with Gasteiger partial charge in [0.15, 0.2) is 0 Å². The molecule has 0 saturated heterocycles. The number of amides is 1. The van der Waals surface area contributed by atoms with E-state index in [9.17, 15) is 4.79 Å². The van der Waals surface area contributed by atoms with E-state index in [1.165, 1.54) is 0 Å². The minimum absolute atomic E-state index is 0.261. The molecular weight excluding hydrogens is 180 g/mol. The molecule has 0 bridgehead atoms. The van der Waals surface area contributed by atoms with Gasteiger partial charge in [0.05, 0.1) is 16.9 Å². The molecule has 0 fully saturated rings. The van der Waals surface area contributed by atoms with Gasteiger partial charge in [-0.3, -0.25) is 9.48 Å². The molecule has 78 valence electrons. The Morgan fingerprint density at radius 1 is 1.71 bits per heavy atom. The van der Waals surface area contributed by atoms with Gasteiger partial charge in [0.2, 0.25) is 6.41 Å². The van der Waals surface area contributed by atoms with Gasteiger partial charge < -0.3 is 11.1 Å². The van der Waals surface area contributed by atoms with Crippen LogP contribution in [0.25, 0.3) is 0 Å². The van der Waals surface area contributed by atoms with E-state index in [1.807, 2.05) is 20.8 Å². The topological polar surface area (TPSA) is 72.9 Å². The molecule has 0 atom stereocenters. The molecule has 1 rings (SSSR count). The van der Waals surface area contributed by atoms with E-state index >= 15 is 0 Å². The summed E-state index contributed by atoms with van der Waals surface area (Å²) in [6.45, 7) is 6.34. The van der Waals surface area contributed by atoms with Gasteiger partial charge in [-0.05, 0) is 20.8 Å². The summed E-state index contributed by atoms with van der Waals surface area (Å²) in [7, 11) is 0. The van der Waals surface area contributed by atoms with Crippen molar-refractivity contribution >= 4 is 12.1 Å². The molecule has 0 aliphatic carbocycles. The van der Waals surface area contributed by atoms with Gasteiger partial charge in [-0.2, -0.15) is 5.10 Å². The third-order valence-electron chi connectivity index (χ3n) is 2.18.